The van der Waals surface area contributed by atoms with E-state index < -0.39 is 11.5 Å². The van der Waals surface area contributed by atoms with Crippen molar-refractivity contribution >= 4 is 17.7 Å². The minimum atomic E-state index is -1.67. The number of amides is 1. The molecular weight excluding hydrogens is 378 g/mol. The van der Waals surface area contributed by atoms with Crippen LogP contribution >= 0.6 is 11.8 Å². The molecule has 3 aromatic rings. The van der Waals surface area contributed by atoms with Crippen LogP contribution in [0.4, 0.5) is 0 Å². The molecule has 1 saturated heterocycles. The number of likely N-dealkylation sites (N-methyl/N-ethyl adjacent to an activating group) is 1. The second-order valence-corrected chi connectivity index (χ2v) is 7.53. The maximum atomic E-state index is 12.3. The van der Waals surface area contributed by atoms with Gasteiger partial charge in [0, 0.05) is 32.3 Å². The predicted molar refractivity (Wildman–Crippen MR) is 103 cm³/mol. The number of pyridine rings is 1. The van der Waals surface area contributed by atoms with E-state index in [2.05, 4.69) is 20.1 Å². The average Bonchev–Trinajstić information content (AvgIpc) is 3.30. The maximum absolute atomic E-state index is 12.3. The van der Waals surface area contributed by atoms with Crippen LogP contribution in [0.3, 0.4) is 0 Å². The predicted octanol–water partition coefficient (Wildman–Crippen LogP) is 2.27. The third-order valence-electron chi connectivity index (χ3n) is 4.74. The Labute approximate surface area is 166 Å². The van der Waals surface area contributed by atoms with Gasteiger partial charge >= 0.3 is 0 Å². The third kappa shape index (κ3) is 3.16. The molecule has 9 heteroatoms. The van der Waals surface area contributed by atoms with E-state index in [0.717, 1.165) is 5.56 Å². The van der Waals surface area contributed by atoms with Gasteiger partial charge in [-0.3, -0.25) is 4.79 Å². The Kier molecular flexibility index (Phi) is 4.64. The lowest BCUT2D eigenvalue weighted by Gasteiger charge is -2.16. The van der Waals surface area contributed by atoms with Crippen molar-refractivity contribution < 1.29 is 14.4 Å². The van der Waals surface area contributed by atoms with Crippen molar-refractivity contribution in [3.8, 4) is 22.8 Å². The van der Waals surface area contributed by atoms with E-state index >= 15 is 0 Å². The molecule has 1 N–H and O–H groups in total. The summed E-state index contributed by atoms with van der Waals surface area (Å²) in [6.07, 6.45) is 3.88. The molecule has 0 aliphatic carbocycles. The second kappa shape index (κ2) is 6.99. The van der Waals surface area contributed by atoms with Gasteiger partial charge in [-0.1, -0.05) is 16.9 Å². The summed E-state index contributed by atoms with van der Waals surface area (Å²) in [6.45, 7) is 2.42. The van der Waals surface area contributed by atoms with Gasteiger partial charge in [0.15, 0.2) is 10.9 Å². The van der Waals surface area contributed by atoms with Crippen molar-refractivity contribution in [3.05, 3.63) is 41.8 Å². The van der Waals surface area contributed by atoms with Crippen molar-refractivity contribution in [2.75, 3.05) is 19.8 Å². The highest BCUT2D eigenvalue weighted by Crippen LogP contribution is 2.34. The SMILES string of the molecule is CSc1nccc(-c2cc(C)cc(-c3cc([C@]4(O)CCN(C)C4=O)on3)n2)n1. The monoisotopic (exact) mass is 397 g/mol. The van der Waals surface area contributed by atoms with Crippen LogP contribution in [0.25, 0.3) is 22.8 Å². The van der Waals surface area contributed by atoms with E-state index in [-0.39, 0.29) is 12.2 Å². The summed E-state index contributed by atoms with van der Waals surface area (Å²) in [5.41, 5.74) is 1.73. The van der Waals surface area contributed by atoms with Gasteiger partial charge in [0.05, 0.1) is 17.1 Å². The van der Waals surface area contributed by atoms with Gasteiger partial charge in [-0.15, -0.1) is 0 Å². The zero-order chi connectivity index (χ0) is 19.9. The fourth-order valence-electron chi connectivity index (χ4n) is 3.18. The van der Waals surface area contributed by atoms with Crippen LogP contribution in [0.2, 0.25) is 0 Å². The van der Waals surface area contributed by atoms with E-state index in [1.165, 1.54) is 16.7 Å². The van der Waals surface area contributed by atoms with E-state index in [1.54, 1.807) is 25.4 Å². The fourth-order valence-corrected chi connectivity index (χ4v) is 3.54. The third-order valence-corrected chi connectivity index (χ3v) is 5.30. The number of aromatic nitrogens is 4. The molecule has 3 aromatic heterocycles. The van der Waals surface area contributed by atoms with Crippen LogP contribution in [-0.2, 0) is 10.4 Å². The first-order valence-electron chi connectivity index (χ1n) is 8.72. The number of carbonyl (C=O) groups excluding carboxylic acids is 1. The Morgan fingerprint density at radius 2 is 1.93 bits per heavy atom. The van der Waals surface area contributed by atoms with Gasteiger partial charge in [0.1, 0.15) is 5.69 Å². The molecule has 1 fully saturated rings. The fraction of sp³-hybridized carbons (Fsp3) is 0.316. The summed E-state index contributed by atoms with van der Waals surface area (Å²) in [5.74, 6) is -0.257. The van der Waals surface area contributed by atoms with Gasteiger partial charge in [0.2, 0.25) is 5.60 Å². The number of rotatable bonds is 4. The van der Waals surface area contributed by atoms with Crippen molar-refractivity contribution in [2.24, 2.45) is 0 Å². The van der Waals surface area contributed by atoms with Crippen molar-refractivity contribution in [3.63, 3.8) is 0 Å². The van der Waals surface area contributed by atoms with Gasteiger partial charge in [-0.25, -0.2) is 15.0 Å². The van der Waals surface area contributed by atoms with Gasteiger partial charge < -0.3 is 14.5 Å². The number of aliphatic hydroxyl groups is 1. The molecule has 8 nitrogen and oxygen atoms in total. The molecule has 144 valence electrons. The summed E-state index contributed by atoms with van der Waals surface area (Å²) in [6, 6.07) is 7.18. The number of hydrogen-bond acceptors (Lipinski definition) is 8. The number of aryl methyl sites for hydroxylation is 1. The lowest BCUT2D eigenvalue weighted by Crippen LogP contribution is -2.35. The topological polar surface area (TPSA) is 105 Å². The maximum Gasteiger partial charge on any atom is 0.262 e. The Balaban J connectivity index is 1.72. The Hall–Kier alpha value is -2.78. The van der Waals surface area contributed by atoms with Crippen LogP contribution in [0.1, 0.15) is 17.7 Å². The summed E-state index contributed by atoms with van der Waals surface area (Å²) >= 11 is 1.46. The molecular formula is C19H19N5O3S. The molecule has 0 radical (unpaired) electrons. The molecule has 4 heterocycles. The highest BCUT2D eigenvalue weighted by molar-refractivity contribution is 7.98. The van der Waals surface area contributed by atoms with Crippen molar-refractivity contribution in [2.45, 2.75) is 24.1 Å². The van der Waals surface area contributed by atoms with E-state index in [1.807, 2.05) is 25.3 Å². The lowest BCUT2D eigenvalue weighted by atomic mass is 9.98. The molecule has 0 spiro atoms. The van der Waals surface area contributed by atoms with E-state index in [9.17, 15) is 9.90 Å². The zero-order valence-corrected chi connectivity index (χ0v) is 16.5. The largest absolute Gasteiger partial charge is 0.373 e. The highest BCUT2D eigenvalue weighted by Gasteiger charge is 2.48. The van der Waals surface area contributed by atoms with Crippen LogP contribution in [0.5, 0.6) is 0 Å². The van der Waals surface area contributed by atoms with Gasteiger partial charge in [0.25, 0.3) is 5.91 Å². The Morgan fingerprint density at radius 3 is 2.61 bits per heavy atom. The van der Waals surface area contributed by atoms with Crippen molar-refractivity contribution in [1.82, 2.24) is 25.0 Å². The Morgan fingerprint density at radius 1 is 1.18 bits per heavy atom. The van der Waals surface area contributed by atoms with Crippen LogP contribution < -0.4 is 0 Å². The molecule has 0 unspecified atom stereocenters. The molecule has 1 aliphatic heterocycles. The van der Waals surface area contributed by atoms with Gasteiger partial charge in [-0.05, 0) is 36.9 Å². The average molecular weight is 397 g/mol. The highest BCUT2D eigenvalue weighted by atomic mass is 32.2. The van der Waals surface area contributed by atoms with Crippen LogP contribution in [-0.4, -0.2) is 55.9 Å². The second-order valence-electron chi connectivity index (χ2n) is 6.76. The molecule has 28 heavy (non-hydrogen) atoms. The quantitative estimate of drug-likeness (QED) is 0.528. The van der Waals surface area contributed by atoms with Crippen molar-refractivity contribution in [1.29, 1.82) is 0 Å². The number of hydrogen-bond donors (Lipinski definition) is 1. The number of thioether (sulfide) groups is 1. The molecule has 0 aromatic carbocycles. The van der Waals surface area contributed by atoms with E-state index in [0.29, 0.717) is 34.5 Å². The molecule has 1 amide bonds. The standard InChI is InChI=1S/C19H19N5O3S/c1-11-8-13(12-4-6-20-18(22-12)28-3)21-14(9-11)15-10-16(27-23-15)19(26)5-7-24(2)17(19)25/h4,6,8-10,26H,5,7H2,1-3H3/t19-/m1/s1. The minimum absolute atomic E-state index is 0.133. The molecule has 0 saturated carbocycles. The van der Waals surface area contributed by atoms with Gasteiger partial charge in [-0.2, -0.15) is 0 Å². The summed E-state index contributed by atoms with van der Waals surface area (Å²) in [7, 11) is 1.65. The minimum Gasteiger partial charge on any atom is -0.373 e. The Bertz CT molecular complexity index is 1050. The summed E-state index contributed by atoms with van der Waals surface area (Å²) < 4.78 is 5.33. The first-order chi connectivity index (χ1) is 13.4. The lowest BCUT2D eigenvalue weighted by molar-refractivity contribution is -0.144. The zero-order valence-electron chi connectivity index (χ0n) is 15.7. The van der Waals surface area contributed by atoms with E-state index in [4.69, 9.17) is 4.52 Å². The molecule has 4 rings (SSSR count). The first kappa shape index (κ1) is 18.6. The summed E-state index contributed by atoms with van der Waals surface area (Å²) in [4.78, 5) is 27.1. The number of nitrogens with zero attached hydrogens (tertiary/aromatic N) is 5. The van der Waals surface area contributed by atoms with Crippen LogP contribution in [0.15, 0.2) is 40.1 Å². The molecule has 1 atom stereocenters. The molecule has 1 aliphatic rings. The summed E-state index contributed by atoms with van der Waals surface area (Å²) in [5, 5.41) is 15.4. The smallest absolute Gasteiger partial charge is 0.262 e. The number of likely N-dealkylation sites (tertiary alicyclic amines) is 1. The van der Waals surface area contributed by atoms with Crippen LogP contribution in [0, 0.1) is 6.92 Å². The molecule has 0 bridgehead atoms. The first-order valence-corrected chi connectivity index (χ1v) is 9.95. The number of carbonyl (C=O) groups is 1. The normalized spacial score (nSPS) is 19.4.